The Morgan fingerprint density at radius 1 is 0.824 bits per heavy atom. The monoisotopic (exact) mass is 480 g/mol. The van der Waals surface area contributed by atoms with Crippen LogP contribution in [0.25, 0.3) is 0 Å². The predicted molar refractivity (Wildman–Crippen MR) is 129 cm³/mol. The van der Waals surface area contributed by atoms with Gasteiger partial charge >= 0.3 is 26.2 Å². The third kappa shape index (κ3) is 6.00. The Hall–Kier alpha value is -1.09. The minimum atomic E-state index is -1.29. The van der Waals surface area contributed by atoms with Crippen molar-refractivity contribution in [3.8, 4) is 0 Å². The van der Waals surface area contributed by atoms with Gasteiger partial charge in [0, 0.05) is 37.3 Å². The summed E-state index contributed by atoms with van der Waals surface area (Å²) in [4.78, 5) is 25.7. The molecule has 1 saturated carbocycles. The van der Waals surface area contributed by atoms with E-state index in [4.69, 9.17) is 28.1 Å². The Labute approximate surface area is 205 Å². The fourth-order valence-corrected chi connectivity index (χ4v) is 5.65. The molecule has 0 spiro atoms. The van der Waals surface area contributed by atoms with E-state index in [0.717, 1.165) is 19.3 Å². The number of methoxy groups -OCH3 is 2. The van der Waals surface area contributed by atoms with E-state index < -0.39 is 17.4 Å². The zero-order valence-corrected chi connectivity index (χ0v) is 21.9. The van der Waals surface area contributed by atoms with Crippen molar-refractivity contribution < 1.29 is 37.7 Å². The Morgan fingerprint density at radius 2 is 1.32 bits per heavy atom. The average molecular weight is 480 g/mol. The van der Waals surface area contributed by atoms with Crippen molar-refractivity contribution in [2.45, 2.75) is 72.4 Å². The molecule has 8 nitrogen and oxygen atoms in total. The van der Waals surface area contributed by atoms with E-state index >= 15 is 0 Å². The number of ether oxygens (including phenoxy) is 2. The molecule has 0 amide bonds. The standard InChI is InChI=1S/C24H42B2O8/c1-7-23(8-2)16-33-26(34-17-23)13-19-12-24(20(27)29-5,21(28)30-6)11-18(19)9-10-25-31-14-22(3,4)15-32-25/h18-19H,7-17H2,1-6H3/t18-,19+/m0/s1. The average Bonchev–Trinajstić information content (AvgIpc) is 3.22. The van der Waals surface area contributed by atoms with Gasteiger partial charge in [-0.2, -0.15) is 0 Å². The van der Waals surface area contributed by atoms with Gasteiger partial charge < -0.3 is 28.1 Å². The van der Waals surface area contributed by atoms with Crippen LogP contribution < -0.4 is 0 Å². The lowest BCUT2D eigenvalue weighted by atomic mass is 9.68. The van der Waals surface area contributed by atoms with Crippen LogP contribution in [0, 0.1) is 28.1 Å². The molecule has 3 aliphatic rings. The van der Waals surface area contributed by atoms with Crippen LogP contribution in [-0.2, 0) is 37.7 Å². The molecule has 0 aromatic rings. The molecule has 2 saturated heterocycles. The molecular weight excluding hydrogens is 438 g/mol. The molecule has 2 atom stereocenters. The molecule has 34 heavy (non-hydrogen) atoms. The summed E-state index contributed by atoms with van der Waals surface area (Å²) in [7, 11) is 2.04. The summed E-state index contributed by atoms with van der Waals surface area (Å²) < 4.78 is 34.3. The Kier molecular flexibility index (Phi) is 9.15. The summed E-state index contributed by atoms with van der Waals surface area (Å²) in [5, 5.41) is 0. The molecule has 0 aromatic carbocycles. The highest BCUT2D eigenvalue weighted by molar-refractivity contribution is 6.45. The minimum Gasteiger partial charge on any atom is -0.468 e. The van der Waals surface area contributed by atoms with Gasteiger partial charge in [0.05, 0.1) is 14.2 Å². The molecule has 0 N–H and O–H groups in total. The highest BCUT2D eigenvalue weighted by Gasteiger charge is 2.58. The van der Waals surface area contributed by atoms with Gasteiger partial charge in [-0.3, -0.25) is 9.59 Å². The molecular formula is C24H42B2O8. The summed E-state index contributed by atoms with van der Waals surface area (Å²) in [6.07, 6.45) is 4.87. The summed E-state index contributed by atoms with van der Waals surface area (Å²) in [6.45, 7) is 11.2. The summed E-state index contributed by atoms with van der Waals surface area (Å²) >= 11 is 0. The first kappa shape index (κ1) is 27.5. The maximum Gasteiger partial charge on any atom is 0.457 e. The molecule has 192 valence electrons. The van der Waals surface area contributed by atoms with Crippen molar-refractivity contribution in [1.29, 1.82) is 0 Å². The van der Waals surface area contributed by atoms with Crippen LogP contribution in [0.15, 0.2) is 0 Å². The quantitative estimate of drug-likeness (QED) is 0.281. The third-order valence-electron chi connectivity index (χ3n) is 8.28. The lowest BCUT2D eigenvalue weighted by molar-refractivity contribution is -0.169. The van der Waals surface area contributed by atoms with E-state index in [1.54, 1.807) is 0 Å². The summed E-state index contributed by atoms with van der Waals surface area (Å²) in [5.74, 6) is -0.906. The van der Waals surface area contributed by atoms with Gasteiger partial charge in [0.15, 0.2) is 5.41 Å². The highest BCUT2D eigenvalue weighted by atomic mass is 16.6. The van der Waals surface area contributed by atoms with Crippen molar-refractivity contribution in [2.75, 3.05) is 40.6 Å². The van der Waals surface area contributed by atoms with E-state index in [0.29, 0.717) is 51.9 Å². The largest absolute Gasteiger partial charge is 0.468 e. The number of rotatable bonds is 9. The zero-order chi connectivity index (χ0) is 25.0. The Balaban J connectivity index is 1.70. The van der Waals surface area contributed by atoms with E-state index in [1.165, 1.54) is 14.2 Å². The Morgan fingerprint density at radius 3 is 1.82 bits per heavy atom. The van der Waals surface area contributed by atoms with Crippen molar-refractivity contribution in [3.05, 3.63) is 0 Å². The van der Waals surface area contributed by atoms with Crippen LogP contribution in [0.5, 0.6) is 0 Å². The van der Waals surface area contributed by atoms with Gasteiger partial charge in [0.1, 0.15) is 0 Å². The van der Waals surface area contributed by atoms with Gasteiger partial charge in [0.2, 0.25) is 0 Å². The minimum absolute atomic E-state index is 0.0131. The van der Waals surface area contributed by atoms with E-state index in [1.807, 2.05) is 0 Å². The van der Waals surface area contributed by atoms with E-state index in [9.17, 15) is 9.59 Å². The fraction of sp³-hybridized carbons (Fsp3) is 0.917. The first-order valence-corrected chi connectivity index (χ1v) is 12.8. The lowest BCUT2D eigenvalue weighted by Gasteiger charge is -2.39. The first-order valence-electron chi connectivity index (χ1n) is 12.8. The van der Waals surface area contributed by atoms with Gasteiger partial charge in [-0.25, -0.2) is 0 Å². The number of carbonyl (C=O) groups is 2. The molecule has 0 aromatic heterocycles. The van der Waals surface area contributed by atoms with Crippen LogP contribution in [0.2, 0.25) is 12.6 Å². The predicted octanol–water partition coefficient (Wildman–Crippen LogP) is 3.64. The number of hydrogen-bond acceptors (Lipinski definition) is 8. The molecule has 0 unspecified atom stereocenters. The van der Waals surface area contributed by atoms with Crippen molar-refractivity contribution >= 4 is 26.2 Å². The lowest BCUT2D eigenvalue weighted by Crippen LogP contribution is -2.44. The SMILES string of the molecule is CCC1(CC)COB(C[C@H]2CC(C(=O)OC)(C(=O)OC)C[C@@H]2CCB2OCC(C)(C)CO2)OC1. The molecule has 3 rings (SSSR count). The second-order valence-electron chi connectivity index (χ2n) is 11.3. The van der Waals surface area contributed by atoms with Crippen LogP contribution in [-0.4, -0.2) is 66.8 Å². The van der Waals surface area contributed by atoms with Gasteiger partial charge in [-0.05, 0) is 50.2 Å². The normalized spacial score (nSPS) is 27.9. The van der Waals surface area contributed by atoms with Crippen LogP contribution in [0.1, 0.15) is 59.8 Å². The molecule has 2 aliphatic heterocycles. The van der Waals surface area contributed by atoms with Gasteiger partial charge in [-0.1, -0.05) is 34.1 Å². The van der Waals surface area contributed by atoms with Crippen LogP contribution >= 0.6 is 0 Å². The third-order valence-corrected chi connectivity index (χ3v) is 8.28. The summed E-state index contributed by atoms with van der Waals surface area (Å²) in [5.41, 5.74) is -1.21. The maximum atomic E-state index is 12.8. The molecule has 3 fully saturated rings. The van der Waals surface area contributed by atoms with Crippen LogP contribution in [0.4, 0.5) is 0 Å². The second kappa shape index (κ2) is 11.3. The van der Waals surface area contributed by atoms with E-state index in [2.05, 4.69) is 27.7 Å². The Bertz CT molecular complexity index is 675. The number of hydrogen-bond donors (Lipinski definition) is 0. The molecule has 2 heterocycles. The zero-order valence-electron chi connectivity index (χ0n) is 21.9. The second-order valence-corrected chi connectivity index (χ2v) is 11.3. The smallest absolute Gasteiger partial charge is 0.457 e. The molecule has 0 bridgehead atoms. The molecule has 1 aliphatic carbocycles. The number of carbonyl (C=O) groups excluding carboxylic acids is 2. The van der Waals surface area contributed by atoms with Crippen molar-refractivity contribution in [3.63, 3.8) is 0 Å². The van der Waals surface area contributed by atoms with Crippen molar-refractivity contribution in [1.82, 2.24) is 0 Å². The van der Waals surface area contributed by atoms with E-state index in [-0.39, 0.29) is 36.9 Å². The molecule has 10 heteroatoms. The van der Waals surface area contributed by atoms with Gasteiger partial charge in [-0.15, -0.1) is 0 Å². The van der Waals surface area contributed by atoms with Crippen molar-refractivity contribution in [2.24, 2.45) is 28.1 Å². The first-order chi connectivity index (χ1) is 16.1. The molecule has 0 radical (unpaired) electrons. The highest BCUT2D eigenvalue weighted by Crippen LogP contribution is 2.51. The van der Waals surface area contributed by atoms with Crippen LogP contribution in [0.3, 0.4) is 0 Å². The number of esters is 2. The van der Waals surface area contributed by atoms with Gasteiger partial charge in [0.25, 0.3) is 0 Å². The topological polar surface area (TPSA) is 89.5 Å². The maximum absolute atomic E-state index is 12.8. The fourth-order valence-electron chi connectivity index (χ4n) is 5.65. The summed E-state index contributed by atoms with van der Waals surface area (Å²) in [6, 6.07) is 0.